The molecule has 4 heterocycles. The van der Waals surface area contributed by atoms with E-state index in [1.54, 1.807) is 0 Å². The molecule has 2 aromatic heterocycles. The van der Waals surface area contributed by atoms with Crippen LogP contribution in [0.3, 0.4) is 0 Å². The Morgan fingerprint density at radius 3 is 2.80 bits per heavy atom. The molecule has 5 rings (SSSR count). The number of para-hydroxylation sites is 1. The highest BCUT2D eigenvalue weighted by atomic mass is 16.3. The number of aliphatic hydroxyl groups is 1. The minimum absolute atomic E-state index is 0.161. The van der Waals surface area contributed by atoms with E-state index in [1.165, 1.54) is 0 Å². The van der Waals surface area contributed by atoms with Crippen molar-refractivity contribution in [3.63, 3.8) is 0 Å². The number of benzene rings is 1. The van der Waals surface area contributed by atoms with Crippen molar-refractivity contribution < 1.29 is 5.11 Å². The Kier molecular flexibility index (Phi) is 4.83. The number of rotatable bonds is 4. The first-order valence-electron chi connectivity index (χ1n) is 10.8. The number of nitrogens with zero attached hydrogens (tertiary/aromatic N) is 5. The number of piperidine rings is 1. The van der Waals surface area contributed by atoms with Gasteiger partial charge in [-0.25, -0.2) is 9.97 Å². The van der Waals surface area contributed by atoms with Crippen LogP contribution in [0, 0.1) is 5.41 Å². The number of aromatic amines is 1. The van der Waals surface area contributed by atoms with E-state index in [-0.39, 0.29) is 17.9 Å². The van der Waals surface area contributed by atoms with E-state index in [2.05, 4.69) is 39.1 Å². The first-order valence-corrected chi connectivity index (χ1v) is 10.8. The molecule has 2 aliphatic heterocycles. The Balaban J connectivity index is 1.44. The Morgan fingerprint density at radius 2 is 2.03 bits per heavy atom. The summed E-state index contributed by atoms with van der Waals surface area (Å²) >= 11 is 0. The third-order valence-electron chi connectivity index (χ3n) is 6.87. The predicted molar refractivity (Wildman–Crippen MR) is 118 cm³/mol. The van der Waals surface area contributed by atoms with Crippen molar-refractivity contribution in [1.82, 2.24) is 20.2 Å². The highest BCUT2D eigenvalue weighted by Gasteiger charge is 2.31. The molecule has 3 aromatic rings. The summed E-state index contributed by atoms with van der Waals surface area (Å²) < 4.78 is 0. The molecule has 0 amide bonds. The summed E-state index contributed by atoms with van der Waals surface area (Å²) in [7, 11) is 0. The number of fused-ring (bicyclic) bond motifs is 2. The van der Waals surface area contributed by atoms with Crippen LogP contribution in [-0.2, 0) is 0 Å². The standard InChI is InChI=1S/C22H29N7O/c1-22(14-23)7-10-28(11-8-22)18-12-24-19-20(25-18)26-27-21(19)29-9-6-15(13-30)16-4-2-3-5-17(16)29/h2-5,12,15,30H,6-11,13-14,23H2,1H3,(H,25,26,27)/t15-/m0/s1. The normalized spacial score (nSPS) is 21.1. The minimum Gasteiger partial charge on any atom is -0.396 e. The van der Waals surface area contributed by atoms with Crippen molar-refractivity contribution in [1.29, 1.82) is 0 Å². The van der Waals surface area contributed by atoms with E-state index in [4.69, 9.17) is 15.7 Å². The third-order valence-corrected chi connectivity index (χ3v) is 6.87. The molecular formula is C22H29N7O. The summed E-state index contributed by atoms with van der Waals surface area (Å²) in [5.41, 5.74) is 9.89. The van der Waals surface area contributed by atoms with Gasteiger partial charge in [0.15, 0.2) is 17.0 Å². The SMILES string of the molecule is CC1(CN)CCN(c2cnc3c(N4CC[C@@H](CO)c5ccccc54)n[nH]c3n2)CC1. The van der Waals surface area contributed by atoms with Gasteiger partial charge in [-0.3, -0.25) is 5.10 Å². The molecule has 1 atom stereocenters. The summed E-state index contributed by atoms with van der Waals surface area (Å²) in [6.45, 7) is 5.82. The van der Waals surface area contributed by atoms with E-state index in [9.17, 15) is 5.11 Å². The van der Waals surface area contributed by atoms with Crippen LogP contribution in [-0.4, -0.2) is 58.1 Å². The van der Waals surface area contributed by atoms with Gasteiger partial charge in [0.2, 0.25) is 0 Å². The molecule has 0 radical (unpaired) electrons. The van der Waals surface area contributed by atoms with E-state index in [0.717, 1.165) is 73.8 Å². The van der Waals surface area contributed by atoms with Gasteiger partial charge < -0.3 is 20.6 Å². The molecule has 8 heteroatoms. The van der Waals surface area contributed by atoms with Crippen molar-refractivity contribution in [3.8, 4) is 0 Å². The number of anilines is 3. The van der Waals surface area contributed by atoms with Gasteiger partial charge in [-0.1, -0.05) is 25.1 Å². The second kappa shape index (κ2) is 7.52. The van der Waals surface area contributed by atoms with Crippen LogP contribution >= 0.6 is 0 Å². The molecule has 0 unspecified atom stereocenters. The summed E-state index contributed by atoms with van der Waals surface area (Å²) in [5, 5.41) is 17.4. The molecule has 8 nitrogen and oxygen atoms in total. The van der Waals surface area contributed by atoms with Gasteiger partial charge in [-0.15, -0.1) is 0 Å². The summed E-state index contributed by atoms with van der Waals surface area (Å²) in [4.78, 5) is 14.0. The van der Waals surface area contributed by atoms with Crippen LogP contribution in [0.25, 0.3) is 11.2 Å². The molecule has 0 spiro atoms. The lowest BCUT2D eigenvalue weighted by atomic mass is 9.80. The Hall–Kier alpha value is -2.71. The maximum atomic E-state index is 9.75. The molecule has 0 aliphatic carbocycles. The van der Waals surface area contributed by atoms with Gasteiger partial charge in [-0.2, -0.15) is 5.10 Å². The van der Waals surface area contributed by atoms with E-state index in [1.807, 2.05) is 18.3 Å². The number of hydrogen-bond donors (Lipinski definition) is 3. The van der Waals surface area contributed by atoms with Crippen LogP contribution in [0.4, 0.5) is 17.3 Å². The fourth-order valence-electron chi connectivity index (χ4n) is 4.65. The van der Waals surface area contributed by atoms with Gasteiger partial charge in [-0.05, 0) is 42.9 Å². The number of H-pyrrole nitrogens is 1. The lowest BCUT2D eigenvalue weighted by Crippen LogP contribution is -2.42. The smallest absolute Gasteiger partial charge is 0.183 e. The van der Waals surface area contributed by atoms with E-state index < -0.39 is 0 Å². The van der Waals surface area contributed by atoms with Crippen LogP contribution in [0.1, 0.15) is 37.7 Å². The van der Waals surface area contributed by atoms with E-state index >= 15 is 0 Å². The highest BCUT2D eigenvalue weighted by molar-refractivity contribution is 5.87. The van der Waals surface area contributed by atoms with Gasteiger partial charge in [0.05, 0.1) is 12.8 Å². The number of nitrogens with one attached hydrogen (secondary N) is 1. The van der Waals surface area contributed by atoms with Gasteiger partial charge in [0, 0.05) is 31.2 Å². The number of aliphatic hydroxyl groups excluding tert-OH is 1. The van der Waals surface area contributed by atoms with Crippen LogP contribution in [0.5, 0.6) is 0 Å². The van der Waals surface area contributed by atoms with E-state index in [0.29, 0.717) is 5.65 Å². The molecule has 1 saturated heterocycles. The second-order valence-electron chi connectivity index (χ2n) is 8.85. The molecule has 30 heavy (non-hydrogen) atoms. The Labute approximate surface area is 176 Å². The second-order valence-corrected chi connectivity index (χ2v) is 8.85. The number of nitrogens with two attached hydrogens (primary N) is 1. The molecule has 1 aromatic carbocycles. The van der Waals surface area contributed by atoms with Crippen LogP contribution in [0.2, 0.25) is 0 Å². The number of aromatic nitrogens is 4. The molecule has 4 N–H and O–H groups in total. The molecule has 0 saturated carbocycles. The van der Waals surface area contributed by atoms with Gasteiger partial charge in [0.1, 0.15) is 5.82 Å². The maximum absolute atomic E-state index is 9.75. The molecular weight excluding hydrogens is 378 g/mol. The van der Waals surface area contributed by atoms with Crippen LogP contribution < -0.4 is 15.5 Å². The first-order chi connectivity index (χ1) is 14.6. The van der Waals surface area contributed by atoms with Crippen molar-refractivity contribution in [3.05, 3.63) is 36.0 Å². The topological polar surface area (TPSA) is 107 Å². The zero-order chi connectivity index (χ0) is 20.7. The zero-order valence-electron chi connectivity index (χ0n) is 17.4. The lowest BCUT2D eigenvalue weighted by Gasteiger charge is -2.39. The molecule has 158 valence electrons. The summed E-state index contributed by atoms with van der Waals surface area (Å²) in [5.74, 6) is 1.84. The van der Waals surface area contributed by atoms with Crippen molar-refractivity contribution in [2.45, 2.75) is 32.1 Å². The van der Waals surface area contributed by atoms with Crippen LogP contribution in [0.15, 0.2) is 30.5 Å². The Bertz CT molecular complexity index is 1040. The van der Waals surface area contributed by atoms with Gasteiger partial charge in [0.25, 0.3) is 0 Å². The average molecular weight is 408 g/mol. The monoisotopic (exact) mass is 407 g/mol. The summed E-state index contributed by atoms with van der Waals surface area (Å²) in [6, 6.07) is 8.22. The Morgan fingerprint density at radius 1 is 1.23 bits per heavy atom. The fraction of sp³-hybridized carbons (Fsp3) is 0.500. The molecule has 2 aliphatic rings. The zero-order valence-corrected chi connectivity index (χ0v) is 17.4. The predicted octanol–water partition coefficient (Wildman–Crippen LogP) is 2.54. The highest BCUT2D eigenvalue weighted by Crippen LogP contribution is 2.40. The van der Waals surface area contributed by atoms with Crippen molar-refractivity contribution in [2.24, 2.45) is 11.1 Å². The minimum atomic E-state index is 0.161. The fourth-order valence-corrected chi connectivity index (χ4v) is 4.65. The lowest BCUT2D eigenvalue weighted by molar-refractivity contribution is 0.258. The summed E-state index contributed by atoms with van der Waals surface area (Å²) in [6.07, 6.45) is 4.86. The third kappa shape index (κ3) is 3.20. The molecule has 1 fully saturated rings. The molecule has 0 bridgehead atoms. The van der Waals surface area contributed by atoms with Crippen molar-refractivity contribution >= 4 is 28.5 Å². The average Bonchev–Trinajstić information content (AvgIpc) is 3.22. The van der Waals surface area contributed by atoms with Crippen molar-refractivity contribution in [2.75, 3.05) is 42.6 Å². The largest absolute Gasteiger partial charge is 0.396 e. The quantitative estimate of drug-likeness (QED) is 0.610. The van der Waals surface area contributed by atoms with Gasteiger partial charge >= 0.3 is 0 Å². The first kappa shape index (κ1) is 19.3. The maximum Gasteiger partial charge on any atom is 0.183 e. The number of hydrogen-bond acceptors (Lipinski definition) is 7.